The molecule has 1 amide bonds. The molecule has 0 saturated heterocycles. The number of anilines is 1. The van der Waals surface area contributed by atoms with E-state index in [9.17, 15) is 4.79 Å². The summed E-state index contributed by atoms with van der Waals surface area (Å²) in [4.78, 5) is 12.9. The smallest absolute Gasteiger partial charge is 0.236 e. The summed E-state index contributed by atoms with van der Waals surface area (Å²) in [7, 11) is 0. The molecule has 1 aromatic heterocycles. The molecule has 0 aliphatic carbocycles. The van der Waals surface area contributed by atoms with Gasteiger partial charge >= 0.3 is 0 Å². The van der Waals surface area contributed by atoms with E-state index in [4.69, 9.17) is 11.6 Å². The lowest BCUT2D eigenvalue weighted by Crippen LogP contribution is -2.13. The summed E-state index contributed by atoms with van der Waals surface area (Å²) in [6, 6.07) is 7.38. The number of hydrogen-bond donors (Lipinski definition) is 1. The van der Waals surface area contributed by atoms with E-state index in [-0.39, 0.29) is 5.91 Å². The van der Waals surface area contributed by atoms with Crippen LogP contribution in [-0.4, -0.2) is 21.9 Å². The second kappa shape index (κ2) is 7.59. The molecule has 0 aliphatic rings. The first-order chi connectivity index (χ1) is 10.1. The molecule has 0 bridgehead atoms. The lowest BCUT2D eigenvalue weighted by molar-refractivity contribution is -0.113. The summed E-state index contributed by atoms with van der Waals surface area (Å²) in [5.74, 6) is 0.217. The molecular formula is C14H14ClN3OS2. The molecule has 0 aliphatic heterocycles. The van der Waals surface area contributed by atoms with Crippen LogP contribution >= 0.6 is 34.7 Å². The highest BCUT2D eigenvalue weighted by Crippen LogP contribution is 2.23. The monoisotopic (exact) mass is 339 g/mol. The highest BCUT2D eigenvalue weighted by atomic mass is 35.5. The van der Waals surface area contributed by atoms with Gasteiger partial charge in [0.15, 0.2) is 0 Å². The highest BCUT2D eigenvalue weighted by molar-refractivity contribution is 8.00. The zero-order valence-corrected chi connectivity index (χ0v) is 14.0. The van der Waals surface area contributed by atoms with E-state index in [1.807, 2.05) is 32.1 Å². The van der Waals surface area contributed by atoms with Crippen molar-refractivity contribution < 1.29 is 4.79 Å². The maximum absolute atomic E-state index is 11.9. The number of amides is 1. The second-order valence-electron chi connectivity index (χ2n) is 4.17. The van der Waals surface area contributed by atoms with Crippen molar-refractivity contribution in [3.05, 3.63) is 40.4 Å². The minimum atomic E-state index is -0.101. The topological polar surface area (TPSA) is 54.9 Å². The fourth-order valence-electron chi connectivity index (χ4n) is 1.39. The number of aromatic nitrogens is 2. The molecule has 0 unspecified atom stereocenters. The van der Waals surface area contributed by atoms with Crippen molar-refractivity contribution in [3.8, 4) is 0 Å². The van der Waals surface area contributed by atoms with E-state index in [0.29, 0.717) is 15.9 Å². The molecular weight excluding hydrogens is 326 g/mol. The lowest BCUT2D eigenvalue weighted by Gasteiger charge is -2.01. The SMILES string of the molecule is C/C=C(/C)c1nnc(NC(=O)CSc2ccc(Cl)cc2)s1. The molecule has 21 heavy (non-hydrogen) atoms. The molecule has 7 heteroatoms. The molecule has 2 aromatic rings. The van der Waals surface area contributed by atoms with Gasteiger partial charge in [-0.05, 0) is 43.7 Å². The fraction of sp³-hybridized carbons (Fsp3) is 0.214. The van der Waals surface area contributed by atoms with Gasteiger partial charge in [0, 0.05) is 9.92 Å². The summed E-state index contributed by atoms with van der Waals surface area (Å²) >= 11 is 8.63. The number of nitrogens with zero attached hydrogens (tertiary/aromatic N) is 2. The van der Waals surface area contributed by atoms with E-state index in [0.717, 1.165) is 15.5 Å². The molecule has 2 rings (SSSR count). The number of carbonyl (C=O) groups excluding carboxylic acids is 1. The first kappa shape index (κ1) is 16.0. The van der Waals surface area contributed by atoms with Crippen LogP contribution in [0.25, 0.3) is 5.57 Å². The molecule has 1 heterocycles. The van der Waals surface area contributed by atoms with E-state index < -0.39 is 0 Å². The van der Waals surface area contributed by atoms with Gasteiger partial charge < -0.3 is 0 Å². The maximum Gasteiger partial charge on any atom is 0.236 e. The van der Waals surface area contributed by atoms with Gasteiger partial charge in [0.2, 0.25) is 11.0 Å². The Balaban J connectivity index is 1.87. The number of nitrogens with one attached hydrogen (secondary N) is 1. The summed E-state index contributed by atoms with van der Waals surface area (Å²) in [5.41, 5.74) is 1.04. The summed E-state index contributed by atoms with van der Waals surface area (Å²) in [6.45, 7) is 3.90. The minimum Gasteiger partial charge on any atom is -0.300 e. The number of benzene rings is 1. The first-order valence-electron chi connectivity index (χ1n) is 6.23. The van der Waals surface area contributed by atoms with Gasteiger partial charge in [0.05, 0.1) is 5.75 Å². The Labute approximate surface area is 136 Å². The van der Waals surface area contributed by atoms with Crippen LogP contribution in [0, 0.1) is 0 Å². The third-order valence-electron chi connectivity index (χ3n) is 2.63. The van der Waals surface area contributed by atoms with Gasteiger partial charge in [-0.15, -0.1) is 22.0 Å². The molecule has 0 radical (unpaired) electrons. The lowest BCUT2D eigenvalue weighted by atomic mass is 10.3. The van der Waals surface area contributed by atoms with Gasteiger partial charge in [-0.2, -0.15) is 0 Å². The average Bonchev–Trinajstić information content (AvgIpc) is 2.94. The van der Waals surface area contributed by atoms with Gasteiger partial charge in [-0.1, -0.05) is 29.0 Å². The Hall–Kier alpha value is -1.37. The molecule has 0 spiro atoms. The van der Waals surface area contributed by atoms with Gasteiger partial charge in [-0.25, -0.2) is 0 Å². The average molecular weight is 340 g/mol. The van der Waals surface area contributed by atoms with E-state index in [1.54, 1.807) is 12.1 Å². The third kappa shape index (κ3) is 4.84. The minimum absolute atomic E-state index is 0.101. The number of thioether (sulfide) groups is 1. The van der Waals surface area contributed by atoms with Crippen molar-refractivity contribution in [2.24, 2.45) is 0 Å². The zero-order chi connectivity index (χ0) is 15.2. The summed E-state index contributed by atoms with van der Waals surface area (Å²) in [5, 5.41) is 12.8. The summed E-state index contributed by atoms with van der Waals surface area (Å²) in [6.07, 6.45) is 1.96. The zero-order valence-electron chi connectivity index (χ0n) is 11.6. The van der Waals surface area contributed by atoms with Crippen LogP contribution in [-0.2, 0) is 4.79 Å². The number of carbonyl (C=O) groups is 1. The van der Waals surface area contributed by atoms with Crippen molar-refractivity contribution in [1.29, 1.82) is 0 Å². The normalized spacial score (nSPS) is 11.5. The molecule has 1 N–H and O–H groups in total. The van der Waals surface area contributed by atoms with Gasteiger partial charge in [0.25, 0.3) is 0 Å². The Kier molecular flexibility index (Phi) is 5.78. The quantitative estimate of drug-likeness (QED) is 0.823. The van der Waals surface area contributed by atoms with Crippen molar-refractivity contribution in [2.45, 2.75) is 18.7 Å². The molecule has 0 saturated carbocycles. The van der Waals surface area contributed by atoms with Crippen LogP contribution in [0.3, 0.4) is 0 Å². The largest absolute Gasteiger partial charge is 0.300 e. The Morgan fingerprint density at radius 1 is 1.38 bits per heavy atom. The number of halogens is 1. The van der Waals surface area contributed by atoms with Crippen LogP contribution in [0.1, 0.15) is 18.9 Å². The van der Waals surface area contributed by atoms with Crippen molar-refractivity contribution in [3.63, 3.8) is 0 Å². The number of rotatable bonds is 5. The molecule has 1 aromatic carbocycles. The van der Waals surface area contributed by atoms with Crippen molar-refractivity contribution in [2.75, 3.05) is 11.1 Å². The fourth-order valence-corrected chi connectivity index (χ4v) is 3.01. The van der Waals surface area contributed by atoms with Crippen molar-refractivity contribution >= 4 is 51.3 Å². The predicted molar refractivity (Wildman–Crippen MR) is 90.0 cm³/mol. The van der Waals surface area contributed by atoms with Crippen LogP contribution in [0.15, 0.2) is 35.2 Å². The molecule has 4 nitrogen and oxygen atoms in total. The van der Waals surface area contributed by atoms with Crippen molar-refractivity contribution in [1.82, 2.24) is 10.2 Å². The van der Waals surface area contributed by atoms with Crippen LogP contribution in [0.2, 0.25) is 5.02 Å². The van der Waals surface area contributed by atoms with Crippen LogP contribution < -0.4 is 5.32 Å². The highest BCUT2D eigenvalue weighted by Gasteiger charge is 2.09. The maximum atomic E-state index is 11.9. The first-order valence-corrected chi connectivity index (χ1v) is 8.41. The van der Waals surface area contributed by atoms with Crippen LogP contribution in [0.4, 0.5) is 5.13 Å². The molecule has 110 valence electrons. The van der Waals surface area contributed by atoms with E-state index >= 15 is 0 Å². The van der Waals surface area contributed by atoms with Gasteiger partial charge in [-0.3, -0.25) is 10.1 Å². The number of hydrogen-bond acceptors (Lipinski definition) is 5. The number of allylic oxidation sites excluding steroid dienone is 2. The molecule has 0 atom stereocenters. The van der Waals surface area contributed by atoms with E-state index in [1.165, 1.54) is 23.1 Å². The predicted octanol–water partition coefficient (Wildman–Crippen LogP) is 4.35. The Morgan fingerprint density at radius 3 is 2.76 bits per heavy atom. The van der Waals surface area contributed by atoms with E-state index in [2.05, 4.69) is 15.5 Å². The Morgan fingerprint density at radius 2 is 2.10 bits per heavy atom. The van der Waals surface area contributed by atoms with Crippen LogP contribution in [0.5, 0.6) is 0 Å². The summed E-state index contributed by atoms with van der Waals surface area (Å²) < 4.78 is 0. The molecule has 0 fully saturated rings. The standard InChI is InChI=1S/C14H14ClN3OS2/c1-3-9(2)13-17-18-14(21-13)16-12(19)8-20-11-6-4-10(15)5-7-11/h3-7H,8H2,1-2H3,(H,16,18,19)/b9-3-. The Bertz CT molecular complexity index is 652. The van der Waals surface area contributed by atoms with Gasteiger partial charge in [0.1, 0.15) is 5.01 Å². The third-order valence-corrected chi connectivity index (χ3v) is 4.86. The second-order valence-corrected chi connectivity index (χ2v) is 6.64.